The van der Waals surface area contributed by atoms with Crippen LogP contribution in [0.15, 0.2) is 28.7 Å². The van der Waals surface area contributed by atoms with Gasteiger partial charge in [0.05, 0.1) is 5.92 Å². The molecule has 2 saturated heterocycles. The quantitative estimate of drug-likeness (QED) is 0.881. The van der Waals surface area contributed by atoms with Gasteiger partial charge in [0.2, 0.25) is 0 Å². The van der Waals surface area contributed by atoms with E-state index >= 15 is 0 Å². The fourth-order valence-electron chi connectivity index (χ4n) is 3.35. The van der Waals surface area contributed by atoms with E-state index in [4.69, 9.17) is 0 Å². The second-order valence-corrected chi connectivity index (χ2v) is 5.72. The molecule has 2 fully saturated rings. The summed E-state index contributed by atoms with van der Waals surface area (Å²) in [6.07, 6.45) is 2.07. The summed E-state index contributed by atoms with van der Waals surface area (Å²) in [6, 6.07) is 8.43. The van der Waals surface area contributed by atoms with Crippen molar-refractivity contribution in [3.8, 4) is 0 Å². The molecule has 2 N–H and O–H groups in total. The van der Waals surface area contributed by atoms with E-state index < -0.39 is 5.97 Å². The van der Waals surface area contributed by atoms with Crippen LogP contribution in [0.3, 0.4) is 0 Å². The van der Waals surface area contributed by atoms with Crippen LogP contribution in [-0.2, 0) is 4.79 Å². The Morgan fingerprint density at radius 1 is 1.29 bits per heavy atom. The third-order valence-electron chi connectivity index (χ3n) is 4.02. The number of hydrogen-bond donors (Lipinski definition) is 2. The molecule has 3 rings (SSSR count). The third-order valence-corrected chi connectivity index (χ3v) is 4.74. The van der Waals surface area contributed by atoms with Crippen molar-refractivity contribution in [2.24, 2.45) is 5.92 Å². The number of carbonyl (C=O) groups is 1. The van der Waals surface area contributed by atoms with Crippen molar-refractivity contribution in [1.29, 1.82) is 0 Å². The lowest BCUT2D eigenvalue weighted by Gasteiger charge is -2.27. The minimum atomic E-state index is -0.676. The molecule has 4 heteroatoms. The van der Waals surface area contributed by atoms with Gasteiger partial charge >= 0.3 is 5.97 Å². The SMILES string of the molecule is O=C(O)C1C2CCC(N2)C1c1ccccc1Br. The lowest BCUT2D eigenvalue weighted by atomic mass is 9.75. The van der Waals surface area contributed by atoms with E-state index in [1.807, 2.05) is 24.3 Å². The van der Waals surface area contributed by atoms with Gasteiger partial charge in [-0.3, -0.25) is 4.79 Å². The summed E-state index contributed by atoms with van der Waals surface area (Å²) in [4.78, 5) is 11.4. The van der Waals surface area contributed by atoms with Crippen molar-refractivity contribution in [1.82, 2.24) is 5.32 Å². The summed E-state index contributed by atoms with van der Waals surface area (Å²) in [7, 11) is 0. The second kappa shape index (κ2) is 4.10. The third kappa shape index (κ3) is 1.70. The highest BCUT2D eigenvalue weighted by molar-refractivity contribution is 9.10. The second-order valence-electron chi connectivity index (χ2n) is 4.87. The number of carboxylic acids is 1. The number of halogens is 1. The lowest BCUT2D eigenvalue weighted by Crippen LogP contribution is -2.32. The molecule has 2 aliphatic heterocycles. The first kappa shape index (κ1) is 11.2. The first-order valence-electron chi connectivity index (χ1n) is 5.92. The Kier molecular flexibility index (Phi) is 2.71. The largest absolute Gasteiger partial charge is 0.481 e. The molecule has 4 unspecified atom stereocenters. The summed E-state index contributed by atoms with van der Waals surface area (Å²) in [5.74, 6) is -0.861. The van der Waals surface area contributed by atoms with Crippen molar-refractivity contribution in [2.75, 3.05) is 0 Å². The molecule has 0 aliphatic carbocycles. The van der Waals surface area contributed by atoms with Gasteiger partial charge in [0.25, 0.3) is 0 Å². The summed E-state index contributed by atoms with van der Waals surface area (Å²) >= 11 is 3.53. The fourth-order valence-corrected chi connectivity index (χ4v) is 3.90. The first-order chi connectivity index (χ1) is 8.18. The van der Waals surface area contributed by atoms with Crippen LogP contribution in [0.25, 0.3) is 0 Å². The number of carboxylic acid groups (broad SMARTS) is 1. The molecule has 0 spiro atoms. The molecule has 90 valence electrons. The number of benzene rings is 1. The maximum absolute atomic E-state index is 11.4. The number of aliphatic carboxylic acids is 1. The van der Waals surface area contributed by atoms with Gasteiger partial charge in [-0.2, -0.15) is 0 Å². The normalized spacial score (nSPS) is 35.1. The van der Waals surface area contributed by atoms with Gasteiger partial charge in [0.15, 0.2) is 0 Å². The highest BCUT2D eigenvalue weighted by Gasteiger charge is 2.51. The number of fused-ring (bicyclic) bond motifs is 2. The van der Waals surface area contributed by atoms with E-state index in [-0.39, 0.29) is 17.9 Å². The maximum atomic E-state index is 11.4. The van der Waals surface area contributed by atoms with Gasteiger partial charge in [0.1, 0.15) is 0 Å². The van der Waals surface area contributed by atoms with Crippen LogP contribution in [-0.4, -0.2) is 23.2 Å². The molecule has 3 nitrogen and oxygen atoms in total. The molecular formula is C13H14BrNO2. The summed E-state index contributed by atoms with van der Waals surface area (Å²) < 4.78 is 1.02. The van der Waals surface area contributed by atoms with Gasteiger partial charge in [-0.15, -0.1) is 0 Å². The topological polar surface area (TPSA) is 49.3 Å². The average molecular weight is 296 g/mol. The molecular weight excluding hydrogens is 282 g/mol. The Balaban J connectivity index is 2.02. The van der Waals surface area contributed by atoms with Crippen LogP contribution in [0.4, 0.5) is 0 Å². The van der Waals surface area contributed by atoms with E-state index in [1.54, 1.807) is 0 Å². The molecule has 1 aromatic rings. The standard InChI is InChI=1S/C13H14BrNO2/c14-8-4-2-1-3-7(8)11-9-5-6-10(15-9)12(11)13(16)17/h1-4,9-12,15H,5-6H2,(H,16,17). The van der Waals surface area contributed by atoms with Crippen LogP contribution >= 0.6 is 15.9 Å². The molecule has 0 aromatic heterocycles. The number of nitrogens with one attached hydrogen (secondary N) is 1. The molecule has 1 aromatic carbocycles. The zero-order chi connectivity index (χ0) is 12.0. The van der Waals surface area contributed by atoms with E-state index in [1.165, 1.54) is 0 Å². The minimum Gasteiger partial charge on any atom is -0.481 e. The summed E-state index contributed by atoms with van der Waals surface area (Å²) in [6.45, 7) is 0. The van der Waals surface area contributed by atoms with Crippen molar-refractivity contribution in [3.63, 3.8) is 0 Å². The van der Waals surface area contributed by atoms with Crippen molar-refractivity contribution in [3.05, 3.63) is 34.3 Å². The monoisotopic (exact) mass is 295 g/mol. The smallest absolute Gasteiger partial charge is 0.308 e. The Hall–Kier alpha value is -0.870. The van der Waals surface area contributed by atoms with Crippen molar-refractivity contribution < 1.29 is 9.90 Å². The predicted molar refractivity (Wildman–Crippen MR) is 68.0 cm³/mol. The van der Waals surface area contributed by atoms with Crippen molar-refractivity contribution in [2.45, 2.75) is 30.8 Å². The molecule has 0 saturated carbocycles. The Morgan fingerprint density at radius 2 is 2.00 bits per heavy atom. The molecule has 2 bridgehead atoms. The van der Waals surface area contributed by atoms with Crippen LogP contribution in [0.5, 0.6) is 0 Å². The molecule has 0 amide bonds. The van der Waals surface area contributed by atoms with E-state index in [0.29, 0.717) is 6.04 Å². The molecule has 2 heterocycles. The zero-order valence-corrected chi connectivity index (χ0v) is 10.9. The fraction of sp³-hybridized carbons (Fsp3) is 0.462. The van der Waals surface area contributed by atoms with Crippen LogP contribution in [0, 0.1) is 5.92 Å². The zero-order valence-electron chi connectivity index (χ0n) is 9.27. The van der Waals surface area contributed by atoms with E-state index in [9.17, 15) is 9.90 Å². The Labute approximate surface area is 108 Å². The Morgan fingerprint density at radius 3 is 2.71 bits per heavy atom. The maximum Gasteiger partial charge on any atom is 0.308 e. The Bertz CT molecular complexity index is 462. The van der Waals surface area contributed by atoms with Gasteiger partial charge in [-0.1, -0.05) is 34.1 Å². The van der Waals surface area contributed by atoms with Crippen LogP contribution < -0.4 is 5.32 Å². The van der Waals surface area contributed by atoms with Gasteiger partial charge in [0, 0.05) is 22.5 Å². The number of rotatable bonds is 2. The molecule has 17 heavy (non-hydrogen) atoms. The first-order valence-corrected chi connectivity index (χ1v) is 6.71. The minimum absolute atomic E-state index is 0.0989. The highest BCUT2D eigenvalue weighted by atomic mass is 79.9. The molecule has 4 atom stereocenters. The van der Waals surface area contributed by atoms with Gasteiger partial charge in [-0.25, -0.2) is 0 Å². The highest BCUT2D eigenvalue weighted by Crippen LogP contribution is 2.46. The van der Waals surface area contributed by atoms with E-state index in [0.717, 1.165) is 22.9 Å². The average Bonchev–Trinajstić information content (AvgIpc) is 2.89. The summed E-state index contributed by atoms with van der Waals surface area (Å²) in [5, 5.41) is 12.8. The lowest BCUT2D eigenvalue weighted by molar-refractivity contribution is -0.143. The van der Waals surface area contributed by atoms with Crippen molar-refractivity contribution >= 4 is 21.9 Å². The molecule has 0 radical (unpaired) electrons. The van der Waals surface area contributed by atoms with Gasteiger partial charge in [-0.05, 0) is 24.5 Å². The summed E-state index contributed by atoms with van der Waals surface area (Å²) in [5.41, 5.74) is 1.12. The van der Waals surface area contributed by atoms with E-state index in [2.05, 4.69) is 21.2 Å². The number of hydrogen-bond acceptors (Lipinski definition) is 2. The van der Waals surface area contributed by atoms with Crippen LogP contribution in [0.2, 0.25) is 0 Å². The predicted octanol–water partition coefficient (Wildman–Crippen LogP) is 2.37. The van der Waals surface area contributed by atoms with Gasteiger partial charge < -0.3 is 10.4 Å². The molecule has 2 aliphatic rings. The van der Waals surface area contributed by atoms with Crippen LogP contribution in [0.1, 0.15) is 24.3 Å².